The Morgan fingerprint density at radius 3 is 3.15 bits per heavy atom. The van der Waals surface area contributed by atoms with E-state index in [2.05, 4.69) is 6.07 Å². The van der Waals surface area contributed by atoms with Gasteiger partial charge >= 0.3 is 6.09 Å². The number of thiophene rings is 1. The van der Waals surface area contributed by atoms with E-state index >= 15 is 0 Å². The van der Waals surface area contributed by atoms with Gasteiger partial charge in [0.1, 0.15) is 16.5 Å². The van der Waals surface area contributed by atoms with Crippen LogP contribution in [0.25, 0.3) is 0 Å². The van der Waals surface area contributed by atoms with E-state index in [9.17, 15) is 9.90 Å². The van der Waals surface area contributed by atoms with Crippen LogP contribution in [0.1, 0.15) is 35.1 Å². The van der Waals surface area contributed by atoms with E-state index < -0.39 is 11.7 Å². The maximum Gasteiger partial charge on any atom is 0.407 e. The summed E-state index contributed by atoms with van der Waals surface area (Å²) in [5.74, 6) is 0. The highest BCUT2D eigenvalue weighted by Gasteiger charge is 2.45. The smallest absolute Gasteiger partial charge is 0.407 e. The van der Waals surface area contributed by atoms with E-state index in [1.165, 1.54) is 21.8 Å². The molecular weight excluding hydrogens is 276 g/mol. The molecule has 1 aromatic rings. The number of hydrogen-bond acceptors (Lipinski definition) is 4. The summed E-state index contributed by atoms with van der Waals surface area (Å²) in [7, 11) is 0. The first-order valence-electron chi connectivity index (χ1n) is 6.72. The summed E-state index contributed by atoms with van der Waals surface area (Å²) in [5.41, 5.74) is 0.812. The van der Waals surface area contributed by atoms with E-state index in [1.54, 1.807) is 0 Å². The highest BCUT2D eigenvalue weighted by Crippen LogP contribution is 2.46. The number of fused-ring (bicyclic) bond motifs is 2. The van der Waals surface area contributed by atoms with Crippen molar-refractivity contribution in [1.82, 2.24) is 4.90 Å². The van der Waals surface area contributed by atoms with Gasteiger partial charge in [-0.2, -0.15) is 5.26 Å². The topological polar surface area (TPSA) is 73.6 Å². The molecule has 1 aromatic heterocycles. The van der Waals surface area contributed by atoms with E-state index in [-0.39, 0.29) is 6.04 Å². The first kappa shape index (κ1) is 13.4. The fraction of sp³-hybridized carbons (Fsp3) is 0.571. The lowest BCUT2D eigenvalue weighted by atomic mass is 9.82. The SMILES string of the molecule is C[C@H]1C[C@@]2(CCN1C(=O)O)OCCc1cc(C#N)sc12. The van der Waals surface area contributed by atoms with E-state index in [4.69, 9.17) is 10.00 Å². The van der Waals surface area contributed by atoms with Crippen molar-refractivity contribution in [3.63, 3.8) is 0 Å². The lowest BCUT2D eigenvalue weighted by molar-refractivity contribution is -0.104. The minimum absolute atomic E-state index is 0.0696. The summed E-state index contributed by atoms with van der Waals surface area (Å²) in [5, 5.41) is 18.3. The van der Waals surface area contributed by atoms with Crippen LogP contribution < -0.4 is 0 Å². The summed E-state index contributed by atoms with van der Waals surface area (Å²) >= 11 is 1.50. The van der Waals surface area contributed by atoms with Crippen LogP contribution in [0, 0.1) is 11.3 Å². The molecule has 2 atom stereocenters. The first-order chi connectivity index (χ1) is 9.55. The van der Waals surface area contributed by atoms with Crippen molar-refractivity contribution in [1.29, 1.82) is 5.26 Å². The van der Waals surface area contributed by atoms with Gasteiger partial charge in [0.2, 0.25) is 0 Å². The van der Waals surface area contributed by atoms with Gasteiger partial charge in [0.15, 0.2) is 0 Å². The molecule has 2 aliphatic heterocycles. The molecule has 0 saturated carbocycles. The summed E-state index contributed by atoms with van der Waals surface area (Å²) < 4.78 is 6.07. The van der Waals surface area contributed by atoms with Gasteiger partial charge in [-0.05, 0) is 31.4 Å². The van der Waals surface area contributed by atoms with Crippen LogP contribution in [0.4, 0.5) is 4.79 Å². The van der Waals surface area contributed by atoms with Gasteiger partial charge in [-0.25, -0.2) is 4.79 Å². The number of carboxylic acid groups (broad SMARTS) is 1. The standard InChI is InChI=1S/C14H16N2O3S/c1-9-7-14(3-4-16(9)13(17)18)12-10(2-5-19-14)6-11(8-15)20-12/h6,9H,2-5,7H2,1H3,(H,17,18)/t9-,14+/m0/s1. The van der Waals surface area contributed by atoms with Crippen molar-refractivity contribution in [3.05, 3.63) is 21.4 Å². The van der Waals surface area contributed by atoms with Crippen LogP contribution in [0.5, 0.6) is 0 Å². The number of ether oxygens (including phenoxy) is 1. The molecule has 0 aliphatic carbocycles. The molecule has 1 amide bonds. The average molecular weight is 292 g/mol. The van der Waals surface area contributed by atoms with Gasteiger partial charge in [-0.3, -0.25) is 0 Å². The highest BCUT2D eigenvalue weighted by molar-refractivity contribution is 7.12. The molecule has 0 radical (unpaired) electrons. The molecule has 3 heterocycles. The molecule has 1 N–H and O–H groups in total. The molecule has 0 unspecified atom stereocenters. The number of piperidine rings is 1. The van der Waals surface area contributed by atoms with Crippen molar-refractivity contribution in [2.24, 2.45) is 0 Å². The van der Waals surface area contributed by atoms with Crippen LogP contribution in [-0.4, -0.2) is 35.3 Å². The molecule has 1 saturated heterocycles. The second-order valence-electron chi connectivity index (χ2n) is 5.45. The zero-order valence-electron chi connectivity index (χ0n) is 11.3. The molecular formula is C14H16N2O3S. The third kappa shape index (κ3) is 1.98. The Kier molecular flexibility index (Phi) is 3.19. The molecule has 106 valence electrons. The maximum atomic E-state index is 11.2. The third-order valence-electron chi connectivity index (χ3n) is 4.24. The summed E-state index contributed by atoms with van der Waals surface area (Å²) in [4.78, 5) is 14.5. The zero-order valence-corrected chi connectivity index (χ0v) is 12.1. The molecule has 0 bridgehead atoms. The van der Waals surface area contributed by atoms with Crippen LogP contribution in [0.2, 0.25) is 0 Å². The van der Waals surface area contributed by atoms with Crippen molar-refractivity contribution in [2.45, 2.75) is 37.8 Å². The van der Waals surface area contributed by atoms with Crippen molar-refractivity contribution >= 4 is 17.4 Å². The van der Waals surface area contributed by atoms with Gasteiger partial charge in [0.25, 0.3) is 0 Å². The summed E-state index contributed by atoms with van der Waals surface area (Å²) in [6.07, 6.45) is 1.30. The van der Waals surface area contributed by atoms with Crippen LogP contribution >= 0.6 is 11.3 Å². The summed E-state index contributed by atoms with van der Waals surface area (Å²) in [6.45, 7) is 3.05. The fourth-order valence-corrected chi connectivity index (χ4v) is 4.50. The van der Waals surface area contributed by atoms with Gasteiger partial charge in [0.05, 0.1) is 6.61 Å². The third-order valence-corrected chi connectivity index (χ3v) is 5.51. The van der Waals surface area contributed by atoms with Gasteiger partial charge < -0.3 is 14.7 Å². The number of nitrogens with zero attached hydrogens (tertiary/aromatic N) is 2. The van der Waals surface area contributed by atoms with E-state index in [0.29, 0.717) is 30.9 Å². The van der Waals surface area contributed by atoms with Crippen molar-refractivity contribution < 1.29 is 14.6 Å². The number of amides is 1. The molecule has 20 heavy (non-hydrogen) atoms. The molecule has 1 fully saturated rings. The Hall–Kier alpha value is -1.58. The zero-order chi connectivity index (χ0) is 14.3. The number of carbonyl (C=O) groups is 1. The number of hydrogen-bond donors (Lipinski definition) is 1. The second kappa shape index (κ2) is 4.76. The average Bonchev–Trinajstić information content (AvgIpc) is 2.83. The predicted octanol–water partition coefficient (Wildman–Crippen LogP) is 2.55. The van der Waals surface area contributed by atoms with Crippen LogP contribution in [0.15, 0.2) is 6.07 Å². The van der Waals surface area contributed by atoms with Gasteiger partial charge in [-0.1, -0.05) is 0 Å². The predicted molar refractivity (Wildman–Crippen MR) is 73.8 cm³/mol. The van der Waals surface area contributed by atoms with Crippen LogP contribution in [0.3, 0.4) is 0 Å². The normalized spacial score (nSPS) is 29.0. The number of nitriles is 1. The molecule has 2 aliphatic rings. The molecule has 5 nitrogen and oxygen atoms in total. The van der Waals surface area contributed by atoms with Crippen molar-refractivity contribution in [2.75, 3.05) is 13.2 Å². The molecule has 3 rings (SSSR count). The lowest BCUT2D eigenvalue weighted by Gasteiger charge is -2.46. The molecule has 0 aromatic carbocycles. The van der Waals surface area contributed by atoms with E-state index in [1.807, 2.05) is 13.0 Å². The maximum absolute atomic E-state index is 11.2. The fourth-order valence-electron chi connectivity index (χ4n) is 3.31. The quantitative estimate of drug-likeness (QED) is 0.797. The Morgan fingerprint density at radius 2 is 2.50 bits per heavy atom. The number of rotatable bonds is 0. The van der Waals surface area contributed by atoms with E-state index in [0.717, 1.165) is 11.3 Å². The van der Waals surface area contributed by atoms with Crippen LogP contribution in [-0.2, 0) is 16.8 Å². The Morgan fingerprint density at radius 1 is 1.70 bits per heavy atom. The minimum atomic E-state index is -0.868. The largest absolute Gasteiger partial charge is 0.465 e. The monoisotopic (exact) mass is 292 g/mol. The Bertz CT molecular complexity index is 592. The first-order valence-corrected chi connectivity index (χ1v) is 7.54. The number of likely N-dealkylation sites (tertiary alicyclic amines) is 1. The molecule has 6 heteroatoms. The second-order valence-corrected chi connectivity index (χ2v) is 6.50. The molecule has 1 spiro atoms. The van der Waals surface area contributed by atoms with Gasteiger partial charge in [0, 0.05) is 23.9 Å². The lowest BCUT2D eigenvalue weighted by Crippen LogP contribution is -2.51. The summed E-state index contributed by atoms with van der Waals surface area (Å²) in [6, 6.07) is 4.09. The highest BCUT2D eigenvalue weighted by atomic mass is 32.1. The van der Waals surface area contributed by atoms with Crippen molar-refractivity contribution in [3.8, 4) is 6.07 Å². The van der Waals surface area contributed by atoms with Gasteiger partial charge in [-0.15, -0.1) is 11.3 Å². The minimum Gasteiger partial charge on any atom is -0.465 e. The Balaban J connectivity index is 1.94. The Labute approximate surface area is 121 Å².